The Hall–Kier alpha value is -0.850. The third-order valence-electron chi connectivity index (χ3n) is 5.56. The van der Waals surface area contributed by atoms with Gasteiger partial charge in [0, 0.05) is 37.3 Å². The van der Waals surface area contributed by atoms with Crippen LogP contribution in [0.2, 0.25) is 0 Å². The van der Waals surface area contributed by atoms with Crippen molar-refractivity contribution in [2.24, 2.45) is 0 Å². The van der Waals surface area contributed by atoms with Gasteiger partial charge in [0.25, 0.3) is 0 Å². The van der Waals surface area contributed by atoms with Crippen LogP contribution in [-0.4, -0.2) is 49.2 Å². The monoisotopic (exact) mass is 417 g/mol. The van der Waals surface area contributed by atoms with Crippen LogP contribution >= 0.6 is 24.8 Å². The molecular formula is C20H33Cl2N3O2. The Labute approximate surface area is 175 Å². The molecule has 2 fully saturated rings. The number of nitrogens with one attached hydrogen (secondary N) is 2. The summed E-state index contributed by atoms with van der Waals surface area (Å²) in [7, 11) is 0. The van der Waals surface area contributed by atoms with Crippen LogP contribution in [0, 0.1) is 0 Å². The van der Waals surface area contributed by atoms with Gasteiger partial charge in [0.2, 0.25) is 5.91 Å². The first-order valence-corrected chi connectivity index (χ1v) is 9.65. The number of carbonyl (C=O) groups is 1. The summed E-state index contributed by atoms with van der Waals surface area (Å²) in [6, 6.07) is 8.08. The number of morpholine rings is 1. The highest BCUT2D eigenvalue weighted by atomic mass is 35.5. The fourth-order valence-corrected chi connectivity index (χ4v) is 4.22. The third-order valence-corrected chi connectivity index (χ3v) is 5.56. The first kappa shape index (κ1) is 24.2. The zero-order valence-electron chi connectivity index (χ0n) is 16.2. The average Bonchev–Trinajstić information content (AvgIpc) is 3.11. The van der Waals surface area contributed by atoms with Gasteiger partial charge in [0.15, 0.2) is 0 Å². The molecule has 154 valence electrons. The minimum atomic E-state index is 0. The zero-order valence-corrected chi connectivity index (χ0v) is 17.8. The normalized spacial score (nSPS) is 19.0. The summed E-state index contributed by atoms with van der Waals surface area (Å²) in [4.78, 5) is 15.4. The fraction of sp³-hybridized carbons (Fsp3) is 0.650. The van der Waals surface area contributed by atoms with E-state index in [9.17, 15) is 4.79 Å². The number of nitrogens with zero attached hydrogens (tertiary/aromatic N) is 1. The van der Waals surface area contributed by atoms with Crippen LogP contribution in [0.1, 0.15) is 44.6 Å². The SMILES string of the molecule is CCNCc1ccccc1NC(=O)CC1(N2CCOCC2)CCCC1.Cl.Cl. The summed E-state index contributed by atoms with van der Waals surface area (Å²) in [5.74, 6) is 0.136. The van der Waals surface area contributed by atoms with E-state index in [1.165, 1.54) is 12.8 Å². The molecule has 2 N–H and O–H groups in total. The number of anilines is 1. The molecule has 27 heavy (non-hydrogen) atoms. The summed E-state index contributed by atoms with van der Waals surface area (Å²) in [5.41, 5.74) is 2.11. The van der Waals surface area contributed by atoms with Gasteiger partial charge in [-0.25, -0.2) is 0 Å². The van der Waals surface area contributed by atoms with Gasteiger partial charge in [-0.3, -0.25) is 9.69 Å². The van der Waals surface area contributed by atoms with Crippen LogP contribution in [0.15, 0.2) is 24.3 Å². The molecule has 1 aliphatic heterocycles. The fourth-order valence-electron chi connectivity index (χ4n) is 4.22. The molecule has 1 amide bonds. The molecule has 1 aromatic rings. The average molecular weight is 418 g/mol. The van der Waals surface area contributed by atoms with E-state index in [4.69, 9.17) is 4.74 Å². The Bertz CT molecular complexity index is 574. The highest BCUT2D eigenvalue weighted by molar-refractivity contribution is 5.92. The molecule has 1 heterocycles. The number of para-hydroxylation sites is 1. The van der Waals surface area contributed by atoms with E-state index in [2.05, 4.69) is 28.5 Å². The van der Waals surface area contributed by atoms with Crippen LogP contribution < -0.4 is 10.6 Å². The molecule has 1 saturated heterocycles. The summed E-state index contributed by atoms with van der Waals surface area (Å²) in [6.45, 7) is 7.26. The standard InChI is InChI=1S/C20H31N3O2.2ClH/c1-2-21-16-17-7-3-4-8-18(17)22-19(24)15-20(9-5-6-10-20)23-11-13-25-14-12-23;;/h3-4,7-8,21H,2,5-6,9-16H2,1H3,(H,22,24);2*1H. The number of benzene rings is 1. The summed E-state index contributed by atoms with van der Waals surface area (Å²) in [5, 5.41) is 6.51. The molecular weight excluding hydrogens is 385 g/mol. The lowest BCUT2D eigenvalue weighted by Crippen LogP contribution is -2.53. The minimum absolute atomic E-state index is 0. The van der Waals surface area contributed by atoms with Crippen LogP contribution in [-0.2, 0) is 16.1 Å². The lowest BCUT2D eigenvalue weighted by Gasteiger charge is -2.43. The highest BCUT2D eigenvalue weighted by Gasteiger charge is 2.41. The Morgan fingerprint density at radius 1 is 1.15 bits per heavy atom. The predicted molar refractivity (Wildman–Crippen MR) is 115 cm³/mol. The lowest BCUT2D eigenvalue weighted by atomic mass is 9.90. The maximum Gasteiger partial charge on any atom is 0.226 e. The van der Waals surface area contributed by atoms with E-state index < -0.39 is 0 Å². The smallest absolute Gasteiger partial charge is 0.226 e. The van der Waals surface area contributed by atoms with Crippen molar-refractivity contribution in [2.45, 2.75) is 51.1 Å². The van der Waals surface area contributed by atoms with E-state index in [0.29, 0.717) is 6.42 Å². The van der Waals surface area contributed by atoms with Crippen molar-refractivity contribution in [1.29, 1.82) is 0 Å². The molecule has 1 aromatic carbocycles. The number of carbonyl (C=O) groups excluding carboxylic acids is 1. The summed E-state index contributed by atoms with van der Waals surface area (Å²) in [6.07, 6.45) is 5.28. The topological polar surface area (TPSA) is 53.6 Å². The Kier molecular flexibility index (Phi) is 10.6. The number of amides is 1. The van der Waals surface area contributed by atoms with Crippen molar-refractivity contribution in [1.82, 2.24) is 10.2 Å². The number of ether oxygens (including phenoxy) is 1. The van der Waals surface area contributed by atoms with Gasteiger partial charge in [-0.2, -0.15) is 0 Å². The van der Waals surface area contributed by atoms with Gasteiger partial charge in [0.1, 0.15) is 0 Å². The molecule has 0 aromatic heterocycles. The predicted octanol–water partition coefficient (Wildman–Crippen LogP) is 3.61. The van der Waals surface area contributed by atoms with Crippen LogP contribution in [0.4, 0.5) is 5.69 Å². The number of hydrogen-bond acceptors (Lipinski definition) is 4. The number of hydrogen-bond donors (Lipinski definition) is 2. The van der Waals surface area contributed by atoms with E-state index >= 15 is 0 Å². The molecule has 0 radical (unpaired) electrons. The van der Waals surface area contributed by atoms with Crippen molar-refractivity contribution in [3.05, 3.63) is 29.8 Å². The van der Waals surface area contributed by atoms with Gasteiger partial charge >= 0.3 is 0 Å². The second-order valence-corrected chi connectivity index (χ2v) is 7.19. The van der Waals surface area contributed by atoms with E-state index in [1.807, 2.05) is 18.2 Å². The van der Waals surface area contributed by atoms with E-state index in [0.717, 1.165) is 63.5 Å². The molecule has 0 atom stereocenters. The maximum atomic E-state index is 12.9. The second kappa shape index (κ2) is 11.9. The largest absolute Gasteiger partial charge is 0.379 e. The minimum Gasteiger partial charge on any atom is -0.379 e. The molecule has 3 rings (SSSR count). The quantitative estimate of drug-likeness (QED) is 0.711. The van der Waals surface area contributed by atoms with Gasteiger partial charge in [0.05, 0.1) is 13.2 Å². The zero-order chi connectivity index (χ0) is 17.5. The first-order chi connectivity index (χ1) is 12.2. The van der Waals surface area contributed by atoms with Gasteiger partial charge in [-0.1, -0.05) is 38.0 Å². The molecule has 0 unspecified atom stereocenters. The van der Waals surface area contributed by atoms with Crippen molar-refractivity contribution < 1.29 is 9.53 Å². The van der Waals surface area contributed by atoms with Crippen molar-refractivity contribution >= 4 is 36.4 Å². The number of rotatable bonds is 7. The van der Waals surface area contributed by atoms with Crippen molar-refractivity contribution in [3.8, 4) is 0 Å². The molecule has 7 heteroatoms. The van der Waals surface area contributed by atoms with Crippen LogP contribution in [0.25, 0.3) is 0 Å². The molecule has 0 spiro atoms. The molecule has 5 nitrogen and oxygen atoms in total. The van der Waals surface area contributed by atoms with Crippen molar-refractivity contribution in [3.63, 3.8) is 0 Å². The Morgan fingerprint density at radius 3 is 2.48 bits per heavy atom. The third kappa shape index (κ3) is 6.33. The first-order valence-electron chi connectivity index (χ1n) is 9.65. The Morgan fingerprint density at radius 2 is 1.81 bits per heavy atom. The van der Waals surface area contributed by atoms with Gasteiger partial charge < -0.3 is 15.4 Å². The van der Waals surface area contributed by atoms with Gasteiger partial charge in [-0.05, 0) is 31.0 Å². The van der Waals surface area contributed by atoms with Crippen molar-refractivity contribution in [2.75, 3.05) is 38.2 Å². The molecule has 1 aliphatic carbocycles. The highest BCUT2D eigenvalue weighted by Crippen LogP contribution is 2.38. The molecule has 0 bridgehead atoms. The molecule has 1 saturated carbocycles. The van der Waals surface area contributed by atoms with E-state index in [1.54, 1.807) is 0 Å². The maximum absolute atomic E-state index is 12.9. The van der Waals surface area contributed by atoms with E-state index in [-0.39, 0.29) is 36.3 Å². The summed E-state index contributed by atoms with van der Waals surface area (Å²) < 4.78 is 5.51. The lowest BCUT2D eigenvalue weighted by molar-refractivity contribution is -0.120. The number of halogens is 2. The summed E-state index contributed by atoms with van der Waals surface area (Å²) >= 11 is 0. The Balaban J connectivity index is 0.00000182. The van der Waals surface area contributed by atoms with Crippen LogP contribution in [0.5, 0.6) is 0 Å². The second-order valence-electron chi connectivity index (χ2n) is 7.19. The van der Waals surface area contributed by atoms with Crippen LogP contribution in [0.3, 0.4) is 0 Å². The van der Waals surface area contributed by atoms with Gasteiger partial charge in [-0.15, -0.1) is 24.8 Å². The molecule has 2 aliphatic rings.